The van der Waals surface area contributed by atoms with Gasteiger partial charge < -0.3 is 10.5 Å². The van der Waals surface area contributed by atoms with Gasteiger partial charge in [-0.25, -0.2) is 0 Å². The molecule has 1 heterocycles. The Morgan fingerprint density at radius 3 is 2.88 bits per heavy atom. The first-order valence-corrected chi connectivity index (χ1v) is 5.91. The molecule has 3 nitrogen and oxygen atoms in total. The predicted molar refractivity (Wildman–Crippen MR) is 66.6 cm³/mol. The van der Waals surface area contributed by atoms with Crippen LogP contribution in [0.3, 0.4) is 0 Å². The second kappa shape index (κ2) is 4.74. The van der Waals surface area contributed by atoms with E-state index in [9.17, 15) is 0 Å². The maximum atomic E-state index is 5.91. The van der Waals surface area contributed by atoms with E-state index in [1.165, 1.54) is 0 Å². The van der Waals surface area contributed by atoms with Gasteiger partial charge in [-0.2, -0.15) is 0 Å². The summed E-state index contributed by atoms with van der Waals surface area (Å²) in [7, 11) is 0. The highest BCUT2D eigenvalue weighted by molar-refractivity contribution is 5.43. The van der Waals surface area contributed by atoms with Crippen molar-refractivity contribution < 1.29 is 4.74 Å². The molecule has 1 aliphatic rings. The zero-order valence-corrected chi connectivity index (χ0v) is 10.0. The number of hydrogen-bond donors (Lipinski definition) is 1. The van der Waals surface area contributed by atoms with Gasteiger partial charge in [0.15, 0.2) is 0 Å². The Balaban J connectivity index is 1.92. The number of anilines is 1. The van der Waals surface area contributed by atoms with E-state index in [-0.39, 0.29) is 0 Å². The quantitative estimate of drug-likeness (QED) is 0.793. The Labute approximate surface area is 97.2 Å². The van der Waals surface area contributed by atoms with Crippen LogP contribution in [0.1, 0.15) is 20.3 Å². The van der Waals surface area contributed by atoms with E-state index in [1.807, 2.05) is 24.3 Å². The van der Waals surface area contributed by atoms with Gasteiger partial charge in [0, 0.05) is 30.9 Å². The van der Waals surface area contributed by atoms with Crippen molar-refractivity contribution in [2.24, 2.45) is 0 Å². The first-order chi connectivity index (χ1) is 7.65. The molecule has 0 radical (unpaired) electrons. The molecule has 0 amide bonds. The lowest BCUT2D eigenvalue weighted by molar-refractivity contribution is 0.187. The summed E-state index contributed by atoms with van der Waals surface area (Å²) in [6.07, 6.45) is 1.41. The van der Waals surface area contributed by atoms with Crippen molar-refractivity contribution in [3.8, 4) is 5.75 Å². The zero-order valence-electron chi connectivity index (χ0n) is 10.0. The third-order valence-electron chi connectivity index (χ3n) is 3.07. The van der Waals surface area contributed by atoms with Crippen molar-refractivity contribution in [3.05, 3.63) is 24.3 Å². The normalized spacial score (nSPS) is 21.6. The average Bonchev–Trinajstić information content (AvgIpc) is 2.66. The van der Waals surface area contributed by atoms with Gasteiger partial charge >= 0.3 is 0 Å². The molecule has 1 aromatic rings. The van der Waals surface area contributed by atoms with Crippen LogP contribution in [-0.4, -0.2) is 30.1 Å². The molecule has 1 aromatic carbocycles. The summed E-state index contributed by atoms with van der Waals surface area (Å²) in [6.45, 7) is 6.60. The van der Waals surface area contributed by atoms with Crippen LogP contribution in [0.25, 0.3) is 0 Å². The molecular weight excluding hydrogens is 200 g/mol. The van der Waals surface area contributed by atoms with Crippen molar-refractivity contribution in [1.29, 1.82) is 0 Å². The summed E-state index contributed by atoms with van der Waals surface area (Å²) in [5, 5.41) is 0. The molecular formula is C13H20N2O. The molecule has 1 atom stereocenters. The number of rotatable bonds is 3. The Hall–Kier alpha value is -1.22. The van der Waals surface area contributed by atoms with Crippen LogP contribution in [0.2, 0.25) is 0 Å². The molecule has 1 fully saturated rings. The van der Waals surface area contributed by atoms with E-state index >= 15 is 0 Å². The SMILES string of the molecule is CC(C)N1CCC(Oc2cccc(N)c2)C1. The van der Waals surface area contributed by atoms with Gasteiger partial charge in [-0.15, -0.1) is 0 Å². The third kappa shape index (κ3) is 2.67. The number of nitrogens with zero attached hydrogens (tertiary/aromatic N) is 1. The molecule has 0 bridgehead atoms. The van der Waals surface area contributed by atoms with Crippen LogP contribution in [0.4, 0.5) is 5.69 Å². The van der Waals surface area contributed by atoms with Gasteiger partial charge in [-0.1, -0.05) is 6.07 Å². The number of nitrogen functional groups attached to an aromatic ring is 1. The highest BCUT2D eigenvalue weighted by Crippen LogP contribution is 2.21. The molecule has 0 aromatic heterocycles. The monoisotopic (exact) mass is 220 g/mol. The lowest BCUT2D eigenvalue weighted by Gasteiger charge is -2.20. The second-order valence-electron chi connectivity index (χ2n) is 4.69. The number of hydrogen-bond acceptors (Lipinski definition) is 3. The Kier molecular flexibility index (Phi) is 3.34. The molecule has 2 rings (SSSR count). The highest BCUT2D eigenvalue weighted by Gasteiger charge is 2.25. The van der Waals surface area contributed by atoms with Crippen LogP contribution in [0.5, 0.6) is 5.75 Å². The summed E-state index contributed by atoms with van der Waals surface area (Å²) >= 11 is 0. The van der Waals surface area contributed by atoms with Crippen LogP contribution < -0.4 is 10.5 Å². The van der Waals surface area contributed by atoms with Gasteiger partial charge in [0.2, 0.25) is 0 Å². The fourth-order valence-electron chi connectivity index (χ4n) is 2.10. The number of likely N-dealkylation sites (tertiary alicyclic amines) is 1. The first-order valence-electron chi connectivity index (χ1n) is 5.91. The van der Waals surface area contributed by atoms with E-state index in [1.54, 1.807) is 0 Å². The Bertz CT molecular complexity index is 352. The highest BCUT2D eigenvalue weighted by atomic mass is 16.5. The minimum Gasteiger partial charge on any atom is -0.489 e. The van der Waals surface area contributed by atoms with Gasteiger partial charge in [-0.05, 0) is 32.4 Å². The van der Waals surface area contributed by atoms with Crippen LogP contribution in [0, 0.1) is 0 Å². The van der Waals surface area contributed by atoms with Crippen molar-refractivity contribution in [1.82, 2.24) is 4.90 Å². The molecule has 1 unspecified atom stereocenters. The van der Waals surface area contributed by atoms with Gasteiger partial charge in [-0.3, -0.25) is 4.90 Å². The minimum absolute atomic E-state index is 0.309. The Morgan fingerprint density at radius 1 is 1.44 bits per heavy atom. The fraction of sp³-hybridized carbons (Fsp3) is 0.538. The standard InChI is InChI=1S/C13H20N2O/c1-10(2)15-7-6-13(9-15)16-12-5-3-4-11(14)8-12/h3-5,8,10,13H,6-7,9,14H2,1-2H3. The molecule has 3 heteroatoms. The van der Waals surface area contributed by atoms with Crippen molar-refractivity contribution in [2.75, 3.05) is 18.8 Å². The van der Waals surface area contributed by atoms with Crippen LogP contribution in [0.15, 0.2) is 24.3 Å². The summed E-state index contributed by atoms with van der Waals surface area (Å²) in [5.41, 5.74) is 6.48. The van der Waals surface area contributed by atoms with E-state index in [0.717, 1.165) is 30.9 Å². The summed E-state index contributed by atoms with van der Waals surface area (Å²) in [5.74, 6) is 0.885. The topological polar surface area (TPSA) is 38.5 Å². The largest absolute Gasteiger partial charge is 0.489 e. The zero-order chi connectivity index (χ0) is 11.5. The van der Waals surface area contributed by atoms with E-state index < -0.39 is 0 Å². The average molecular weight is 220 g/mol. The maximum absolute atomic E-state index is 5.91. The minimum atomic E-state index is 0.309. The molecule has 88 valence electrons. The van der Waals surface area contributed by atoms with Crippen molar-refractivity contribution >= 4 is 5.69 Å². The van der Waals surface area contributed by atoms with Crippen molar-refractivity contribution in [2.45, 2.75) is 32.4 Å². The van der Waals surface area contributed by atoms with Gasteiger partial charge in [0.25, 0.3) is 0 Å². The Morgan fingerprint density at radius 2 is 2.25 bits per heavy atom. The van der Waals surface area contributed by atoms with E-state index in [0.29, 0.717) is 12.1 Å². The number of benzene rings is 1. The maximum Gasteiger partial charge on any atom is 0.121 e. The molecule has 2 N–H and O–H groups in total. The second-order valence-corrected chi connectivity index (χ2v) is 4.69. The van der Waals surface area contributed by atoms with E-state index in [2.05, 4.69) is 18.7 Å². The van der Waals surface area contributed by atoms with Crippen LogP contribution >= 0.6 is 0 Å². The summed E-state index contributed by atoms with van der Waals surface area (Å²) < 4.78 is 5.91. The predicted octanol–water partition coefficient (Wildman–Crippen LogP) is 2.13. The number of ether oxygens (including phenoxy) is 1. The van der Waals surface area contributed by atoms with Gasteiger partial charge in [0.05, 0.1) is 0 Å². The molecule has 1 aliphatic heterocycles. The van der Waals surface area contributed by atoms with Crippen LogP contribution in [-0.2, 0) is 0 Å². The number of nitrogens with two attached hydrogens (primary N) is 1. The van der Waals surface area contributed by atoms with Gasteiger partial charge in [0.1, 0.15) is 11.9 Å². The van der Waals surface area contributed by atoms with Crippen molar-refractivity contribution in [3.63, 3.8) is 0 Å². The lowest BCUT2D eigenvalue weighted by Crippen LogP contribution is -2.30. The smallest absolute Gasteiger partial charge is 0.121 e. The summed E-state index contributed by atoms with van der Waals surface area (Å²) in [6, 6.07) is 8.27. The summed E-state index contributed by atoms with van der Waals surface area (Å²) in [4.78, 5) is 2.44. The molecule has 0 saturated carbocycles. The third-order valence-corrected chi connectivity index (χ3v) is 3.07. The van der Waals surface area contributed by atoms with E-state index in [4.69, 9.17) is 10.5 Å². The molecule has 1 saturated heterocycles. The first kappa shape index (κ1) is 11.3. The molecule has 16 heavy (non-hydrogen) atoms. The fourth-order valence-corrected chi connectivity index (χ4v) is 2.10. The molecule has 0 aliphatic carbocycles. The lowest BCUT2D eigenvalue weighted by atomic mass is 10.3. The molecule has 0 spiro atoms.